The summed E-state index contributed by atoms with van der Waals surface area (Å²) >= 11 is 3.87. The van der Waals surface area contributed by atoms with Crippen molar-refractivity contribution in [1.29, 1.82) is 0 Å². The van der Waals surface area contributed by atoms with Crippen molar-refractivity contribution in [2.24, 2.45) is 0 Å². The maximum absolute atomic E-state index is 11.9. The highest BCUT2D eigenvalue weighted by atomic mass is 35.5. The van der Waals surface area contributed by atoms with Gasteiger partial charge >= 0.3 is 17.7 Å². The van der Waals surface area contributed by atoms with Gasteiger partial charge in [0.15, 0.2) is 0 Å². The molecule has 9 heteroatoms. The van der Waals surface area contributed by atoms with E-state index in [-0.39, 0.29) is 0 Å². The maximum Gasteiger partial charge on any atom is 0.419 e. The Kier molecular flexibility index (Phi) is 3.42. The fourth-order valence-corrected chi connectivity index (χ4v) is 0.650. The second-order valence-electron chi connectivity index (χ2n) is 2.10. The zero-order valence-corrected chi connectivity index (χ0v) is 6.73. The minimum Gasteiger partial charge on any atom is -0.183 e. The molecule has 0 aromatic heterocycles. The highest BCUT2D eigenvalue weighted by molar-refractivity contribution is 6.23. The number of halogens is 9. The molecule has 0 aromatic carbocycles. The van der Waals surface area contributed by atoms with E-state index in [1.807, 2.05) is 0 Å². The smallest absolute Gasteiger partial charge is 0.183 e. The van der Waals surface area contributed by atoms with Gasteiger partial charge in [-0.3, -0.25) is 0 Å². The van der Waals surface area contributed by atoms with Crippen molar-refractivity contribution in [1.82, 2.24) is 0 Å². The zero-order chi connectivity index (χ0) is 11.8. The molecular formula is C5HClF8. The Bertz CT molecular complexity index is 212. The van der Waals surface area contributed by atoms with Crippen LogP contribution in [-0.4, -0.2) is 17.7 Å². The Balaban J connectivity index is 5.26. The average molecular weight is 248 g/mol. The summed E-state index contributed by atoms with van der Waals surface area (Å²) < 4.78 is 92.8. The van der Waals surface area contributed by atoms with Crippen molar-refractivity contribution in [3.8, 4) is 0 Å². The first-order valence-electron chi connectivity index (χ1n) is 2.78. The number of hydrogen-bond donors (Lipinski definition) is 0. The molecule has 0 unspecified atom stereocenters. The number of allylic oxidation sites excluding steroid dienone is 2. The molecule has 0 saturated heterocycles. The Morgan fingerprint density at radius 2 is 1.21 bits per heavy atom. The van der Waals surface area contributed by atoms with E-state index in [0.717, 1.165) is 0 Å². The van der Waals surface area contributed by atoms with Crippen molar-refractivity contribution in [3.05, 3.63) is 11.6 Å². The summed E-state index contributed by atoms with van der Waals surface area (Å²) in [4.78, 5) is 0. The Labute approximate surface area is 77.1 Å². The number of rotatable bonds is 1. The van der Waals surface area contributed by atoms with Crippen LogP contribution >= 0.6 is 11.6 Å². The fraction of sp³-hybridized carbons (Fsp3) is 0.600. The molecule has 0 aliphatic rings. The molecule has 0 spiro atoms. The third-order valence-corrected chi connectivity index (χ3v) is 1.12. The van der Waals surface area contributed by atoms with Crippen LogP contribution in [-0.2, 0) is 0 Å². The van der Waals surface area contributed by atoms with Crippen molar-refractivity contribution >= 4 is 11.6 Å². The normalized spacial score (nSPS) is 15.9. The van der Waals surface area contributed by atoms with Crippen LogP contribution in [0.3, 0.4) is 0 Å². The molecule has 0 aliphatic carbocycles. The van der Waals surface area contributed by atoms with Gasteiger partial charge in [-0.25, -0.2) is 0 Å². The van der Waals surface area contributed by atoms with Crippen molar-refractivity contribution in [2.45, 2.75) is 17.7 Å². The lowest BCUT2D eigenvalue weighted by Crippen LogP contribution is -2.27. The summed E-state index contributed by atoms with van der Waals surface area (Å²) in [5.74, 6) is 0. The summed E-state index contributed by atoms with van der Waals surface area (Å²) in [5, 5.41) is -5.10. The van der Waals surface area contributed by atoms with Crippen LogP contribution < -0.4 is 0 Å². The molecule has 0 heterocycles. The second kappa shape index (κ2) is 3.56. The average Bonchev–Trinajstić information content (AvgIpc) is 1.75. The van der Waals surface area contributed by atoms with Crippen LogP contribution in [0.15, 0.2) is 11.6 Å². The topological polar surface area (TPSA) is 0 Å². The number of alkyl halides is 9. The quantitative estimate of drug-likeness (QED) is 0.375. The predicted octanol–water partition coefficient (Wildman–Crippen LogP) is 3.87. The van der Waals surface area contributed by atoms with Crippen LogP contribution in [0.1, 0.15) is 0 Å². The second-order valence-corrected chi connectivity index (χ2v) is 2.57. The van der Waals surface area contributed by atoms with Gasteiger partial charge in [-0.15, -0.1) is 0 Å². The molecule has 0 bridgehead atoms. The summed E-state index contributed by atoms with van der Waals surface area (Å²) in [6.07, 6.45) is -12.9. The molecule has 84 valence electrons. The molecule has 0 atom stereocenters. The highest BCUT2D eigenvalue weighted by Crippen LogP contribution is 2.42. The maximum atomic E-state index is 11.9. The molecule has 0 radical (unpaired) electrons. The van der Waals surface area contributed by atoms with Gasteiger partial charge < -0.3 is 0 Å². The SMILES string of the molecule is FC(F)(F)/C=C(/C(F)(F)F)C(F)(F)Cl. The summed E-state index contributed by atoms with van der Waals surface area (Å²) in [6.45, 7) is 0. The summed E-state index contributed by atoms with van der Waals surface area (Å²) in [5.41, 5.74) is -3.14. The summed E-state index contributed by atoms with van der Waals surface area (Å²) in [7, 11) is 0. The van der Waals surface area contributed by atoms with Crippen LogP contribution in [0.5, 0.6) is 0 Å². The molecule has 0 nitrogen and oxygen atoms in total. The van der Waals surface area contributed by atoms with E-state index in [1.54, 1.807) is 0 Å². The van der Waals surface area contributed by atoms with Crippen LogP contribution in [0.25, 0.3) is 0 Å². The van der Waals surface area contributed by atoms with Gasteiger partial charge in [-0.1, -0.05) is 0 Å². The lowest BCUT2D eigenvalue weighted by atomic mass is 10.2. The summed E-state index contributed by atoms with van der Waals surface area (Å²) in [6, 6.07) is 0. The van der Waals surface area contributed by atoms with Gasteiger partial charge in [0, 0.05) is 6.08 Å². The Morgan fingerprint density at radius 3 is 1.29 bits per heavy atom. The van der Waals surface area contributed by atoms with Gasteiger partial charge in [0.05, 0.1) is 0 Å². The van der Waals surface area contributed by atoms with Gasteiger partial charge in [0.25, 0.3) is 0 Å². The van der Waals surface area contributed by atoms with Gasteiger partial charge in [0.2, 0.25) is 0 Å². The van der Waals surface area contributed by atoms with E-state index < -0.39 is 29.4 Å². The Hall–Kier alpha value is -0.530. The van der Waals surface area contributed by atoms with E-state index in [2.05, 4.69) is 11.6 Å². The van der Waals surface area contributed by atoms with E-state index in [9.17, 15) is 35.1 Å². The van der Waals surface area contributed by atoms with E-state index in [4.69, 9.17) is 0 Å². The highest BCUT2D eigenvalue weighted by Gasteiger charge is 2.51. The molecule has 0 aromatic rings. The van der Waals surface area contributed by atoms with Crippen LogP contribution in [0.2, 0.25) is 0 Å². The largest absolute Gasteiger partial charge is 0.419 e. The molecule has 0 amide bonds. The van der Waals surface area contributed by atoms with Gasteiger partial charge in [0.1, 0.15) is 5.57 Å². The minimum atomic E-state index is -5.83. The van der Waals surface area contributed by atoms with E-state index in [0.29, 0.717) is 0 Å². The third kappa shape index (κ3) is 4.64. The molecule has 0 saturated carbocycles. The lowest BCUT2D eigenvalue weighted by Gasteiger charge is -2.16. The van der Waals surface area contributed by atoms with Crippen molar-refractivity contribution in [2.75, 3.05) is 0 Å². The first-order chi connectivity index (χ1) is 5.84. The first kappa shape index (κ1) is 13.5. The first-order valence-corrected chi connectivity index (χ1v) is 3.16. The van der Waals surface area contributed by atoms with E-state index >= 15 is 0 Å². The van der Waals surface area contributed by atoms with Crippen LogP contribution in [0.4, 0.5) is 35.1 Å². The van der Waals surface area contributed by atoms with E-state index in [1.165, 1.54) is 0 Å². The zero-order valence-electron chi connectivity index (χ0n) is 5.98. The third-order valence-electron chi connectivity index (χ3n) is 0.919. The van der Waals surface area contributed by atoms with Crippen molar-refractivity contribution in [3.63, 3.8) is 0 Å². The van der Waals surface area contributed by atoms with Crippen LogP contribution in [0, 0.1) is 0 Å². The molecule has 0 N–H and O–H groups in total. The van der Waals surface area contributed by atoms with Gasteiger partial charge in [-0.2, -0.15) is 35.1 Å². The Morgan fingerprint density at radius 1 is 0.857 bits per heavy atom. The molecule has 0 aliphatic heterocycles. The lowest BCUT2D eigenvalue weighted by molar-refractivity contribution is -0.126. The standard InChI is InChI=1S/C5HClF8/c6-4(10,11)2(5(12,13)14)1-3(7,8)9/h1H/b2-1+. The molecule has 0 rings (SSSR count). The molecular weight excluding hydrogens is 247 g/mol. The van der Waals surface area contributed by atoms with Gasteiger partial charge in [-0.05, 0) is 11.6 Å². The molecule has 14 heavy (non-hydrogen) atoms. The minimum absolute atomic E-state index is 1.57. The fourth-order valence-electron chi connectivity index (χ4n) is 0.488. The predicted molar refractivity (Wildman–Crippen MR) is 31.0 cm³/mol. The monoisotopic (exact) mass is 248 g/mol. The number of hydrogen-bond acceptors (Lipinski definition) is 0. The van der Waals surface area contributed by atoms with Crippen molar-refractivity contribution < 1.29 is 35.1 Å². The molecule has 0 fully saturated rings.